The van der Waals surface area contributed by atoms with Crippen LogP contribution in [0.2, 0.25) is 0 Å². The van der Waals surface area contributed by atoms with E-state index < -0.39 is 5.97 Å². The maximum Gasteiger partial charge on any atom is 0.360 e. The molecule has 0 amide bonds. The van der Waals surface area contributed by atoms with Gasteiger partial charge in [0.05, 0.1) is 7.11 Å². The molecular formula is C13H11N3O4. The van der Waals surface area contributed by atoms with Crippen LogP contribution in [0.25, 0.3) is 11.4 Å². The molecule has 2 N–H and O–H groups in total. The van der Waals surface area contributed by atoms with E-state index >= 15 is 0 Å². The third-order valence-corrected chi connectivity index (χ3v) is 2.81. The molecule has 0 unspecified atom stereocenters. The lowest BCUT2D eigenvalue weighted by atomic mass is 10.1. The van der Waals surface area contributed by atoms with E-state index in [4.69, 9.17) is 15.2 Å². The quantitative estimate of drug-likeness (QED) is 0.649. The van der Waals surface area contributed by atoms with Gasteiger partial charge in [-0.15, -0.1) is 0 Å². The number of anilines is 1. The smallest absolute Gasteiger partial charge is 0.360 e. The Morgan fingerprint density at radius 3 is 2.85 bits per heavy atom. The fourth-order valence-corrected chi connectivity index (χ4v) is 1.86. The molecule has 7 heteroatoms. The first kappa shape index (κ1) is 12.2. The van der Waals surface area contributed by atoms with E-state index in [2.05, 4.69) is 14.7 Å². The number of fused-ring (bicyclic) bond motifs is 1. The van der Waals surface area contributed by atoms with Crippen LogP contribution in [-0.2, 0) is 4.74 Å². The minimum atomic E-state index is -0.620. The van der Waals surface area contributed by atoms with Gasteiger partial charge in [0.15, 0.2) is 11.5 Å². The first-order valence-corrected chi connectivity index (χ1v) is 5.81. The molecule has 1 aliphatic heterocycles. The molecule has 3 rings (SSSR count). The largest absolute Gasteiger partial charge is 0.464 e. The third-order valence-electron chi connectivity index (χ3n) is 2.81. The average Bonchev–Trinajstić information content (AvgIpc) is 2.94. The molecule has 0 bridgehead atoms. The van der Waals surface area contributed by atoms with E-state index in [-0.39, 0.29) is 29.9 Å². The second-order valence-corrected chi connectivity index (χ2v) is 4.02. The van der Waals surface area contributed by atoms with Gasteiger partial charge in [-0.1, -0.05) is 12.1 Å². The lowest BCUT2D eigenvalue weighted by Gasteiger charge is -2.07. The second kappa shape index (κ2) is 4.69. The van der Waals surface area contributed by atoms with Gasteiger partial charge in [-0.2, -0.15) is 4.98 Å². The van der Waals surface area contributed by atoms with Crippen LogP contribution in [0.15, 0.2) is 24.3 Å². The number of aromatic nitrogens is 2. The molecule has 1 aliphatic rings. The van der Waals surface area contributed by atoms with Crippen LogP contribution in [0.4, 0.5) is 5.69 Å². The number of methoxy groups -OCH3 is 1. The van der Waals surface area contributed by atoms with Crippen molar-refractivity contribution in [2.24, 2.45) is 0 Å². The van der Waals surface area contributed by atoms with Gasteiger partial charge in [0.2, 0.25) is 12.5 Å². The summed E-state index contributed by atoms with van der Waals surface area (Å²) < 4.78 is 15.1. The van der Waals surface area contributed by atoms with E-state index in [1.165, 1.54) is 7.11 Å². The molecule has 0 saturated heterocycles. The van der Waals surface area contributed by atoms with E-state index in [0.717, 1.165) is 0 Å². The van der Waals surface area contributed by atoms with Gasteiger partial charge in [0, 0.05) is 11.3 Å². The Morgan fingerprint density at radius 2 is 2.10 bits per heavy atom. The van der Waals surface area contributed by atoms with E-state index in [0.29, 0.717) is 11.3 Å². The molecule has 0 saturated carbocycles. The molecule has 0 radical (unpaired) electrons. The molecule has 1 aromatic carbocycles. The van der Waals surface area contributed by atoms with Crippen molar-refractivity contribution in [1.29, 1.82) is 0 Å². The Labute approximate surface area is 114 Å². The van der Waals surface area contributed by atoms with Gasteiger partial charge >= 0.3 is 5.97 Å². The number of esters is 1. The Hall–Kier alpha value is -2.83. The molecule has 2 aromatic rings. The summed E-state index contributed by atoms with van der Waals surface area (Å²) in [5.41, 5.74) is 7.02. The van der Waals surface area contributed by atoms with Crippen LogP contribution < -0.4 is 15.2 Å². The highest BCUT2D eigenvalue weighted by molar-refractivity contribution is 5.92. The average molecular weight is 273 g/mol. The van der Waals surface area contributed by atoms with Gasteiger partial charge in [-0.05, 0) is 12.1 Å². The molecule has 7 nitrogen and oxygen atoms in total. The van der Waals surface area contributed by atoms with Crippen LogP contribution in [0.3, 0.4) is 0 Å². The number of para-hydroxylation sites is 1. The van der Waals surface area contributed by atoms with Crippen molar-refractivity contribution in [1.82, 2.24) is 9.97 Å². The number of nitrogens with two attached hydrogens (primary N) is 1. The zero-order valence-electron chi connectivity index (χ0n) is 10.6. The fourth-order valence-electron chi connectivity index (χ4n) is 1.86. The highest BCUT2D eigenvalue weighted by atomic mass is 16.7. The van der Waals surface area contributed by atoms with Crippen LogP contribution in [0.5, 0.6) is 11.6 Å². The summed E-state index contributed by atoms with van der Waals surface area (Å²) in [5, 5.41) is 0. The zero-order valence-corrected chi connectivity index (χ0v) is 10.6. The second-order valence-electron chi connectivity index (χ2n) is 4.02. The lowest BCUT2D eigenvalue weighted by Crippen LogP contribution is -2.08. The van der Waals surface area contributed by atoms with Gasteiger partial charge < -0.3 is 19.9 Å². The van der Waals surface area contributed by atoms with Crippen LogP contribution >= 0.6 is 0 Å². The third kappa shape index (κ3) is 1.89. The molecular weight excluding hydrogens is 262 g/mol. The summed E-state index contributed by atoms with van der Waals surface area (Å²) in [6, 6.07) is 7.08. The van der Waals surface area contributed by atoms with Crippen molar-refractivity contribution in [2.45, 2.75) is 0 Å². The lowest BCUT2D eigenvalue weighted by molar-refractivity contribution is 0.0589. The summed E-state index contributed by atoms with van der Waals surface area (Å²) in [6.07, 6.45) is 0. The minimum absolute atomic E-state index is 0.0122. The number of nitrogen functional groups attached to an aromatic ring is 1. The first-order chi connectivity index (χ1) is 9.70. The predicted molar refractivity (Wildman–Crippen MR) is 69.3 cm³/mol. The standard InChI is InChI=1S/C13H11N3O4/c1-18-13(17)9-10-12(20-6-19-10)16-11(15-9)7-4-2-3-5-8(7)14/h2-5H,6,14H2,1H3. The Morgan fingerprint density at radius 1 is 1.30 bits per heavy atom. The predicted octanol–water partition coefficient (Wildman–Crippen LogP) is 1.24. The maximum absolute atomic E-state index is 11.8. The van der Waals surface area contributed by atoms with E-state index in [1.54, 1.807) is 24.3 Å². The summed E-state index contributed by atoms with van der Waals surface area (Å²) in [7, 11) is 1.27. The maximum atomic E-state index is 11.8. The normalized spacial score (nSPS) is 12.2. The number of carbonyl (C=O) groups excluding carboxylic acids is 1. The number of hydrogen-bond donors (Lipinski definition) is 1. The molecule has 0 atom stereocenters. The summed E-state index contributed by atoms with van der Waals surface area (Å²) in [5.74, 6) is 0.0615. The number of nitrogens with zero attached hydrogens (tertiary/aromatic N) is 2. The van der Waals surface area contributed by atoms with Gasteiger partial charge in [0.1, 0.15) is 0 Å². The SMILES string of the molecule is COC(=O)c1nc(-c2ccccc2N)nc2c1OCO2. The molecule has 102 valence electrons. The van der Waals surface area contributed by atoms with Crippen molar-refractivity contribution in [3.63, 3.8) is 0 Å². The van der Waals surface area contributed by atoms with Crippen LogP contribution in [-0.4, -0.2) is 29.8 Å². The van der Waals surface area contributed by atoms with Gasteiger partial charge in [-0.25, -0.2) is 9.78 Å². The first-order valence-electron chi connectivity index (χ1n) is 5.81. The van der Waals surface area contributed by atoms with Crippen molar-refractivity contribution in [3.8, 4) is 23.0 Å². The van der Waals surface area contributed by atoms with Crippen LogP contribution in [0, 0.1) is 0 Å². The van der Waals surface area contributed by atoms with Gasteiger partial charge in [-0.3, -0.25) is 0 Å². The van der Waals surface area contributed by atoms with E-state index in [1.807, 2.05) is 0 Å². The van der Waals surface area contributed by atoms with Crippen molar-refractivity contribution >= 4 is 11.7 Å². The molecule has 20 heavy (non-hydrogen) atoms. The Bertz CT molecular complexity index is 687. The topological polar surface area (TPSA) is 96.6 Å². The number of hydrogen-bond acceptors (Lipinski definition) is 7. The number of rotatable bonds is 2. The highest BCUT2D eigenvalue weighted by Gasteiger charge is 2.28. The molecule has 0 aliphatic carbocycles. The van der Waals surface area contributed by atoms with Crippen molar-refractivity contribution < 1.29 is 19.0 Å². The molecule has 0 fully saturated rings. The summed E-state index contributed by atoms with van der Waals surface area (Å²) in [4.78, 5) is 20.2. The molecule has 0 spiro atoms. The fraction of sp³-hybridized carbons (Fsp3) is 0.154. The Kier molecular flexibility index (Phi) is 2.86. The van der Waals surface area contributed by atoms with Crippen LogP contribution in [0.1, 0.15) is 10.5 Å². The highest BCUT2D eigenvalue weighted by Crippen LogP contribution is 2.36. The number of benzene rings is 1. The Balaban J connectivity index is 2.19. The number of carbonyl (C=O) groups is 1. The molecule has 2 heterocycles. The van der Waals surface area contributed by atoms with Crippen molar-refractivity contribution in [2.75, 3.05) is 19.6 Å². The van der Waals surface area contributed by atoms with E-state index in [9.17, 15) is 4.79 Å². The number of ether oxygens (including phenoxy) is 3. The zero-order chi connectivity index (χ0) is 14.1. The minimum Gasteiger partial charge on any atom is -0.464 e. The molecule has 1 aromatic heterocycles. The summed E-state index contributed by atoms with van der Waals surface area (Å²) >= 11 is 0. The summed E-state index contributed by atoms with van der Waals surface area (Å²) in [6.45, 7) is -0.0122. The van der Waals surface area contributed by atoms with Gasteiger partial charge in [0.25, 0.3) is 5.88 Å². The monoisotopic (exact) mass is 273 g/mol. The van der Waals surface area contributed by atoms with Crippen molar-refractivity contribution in [3.05, 3.63) is 30.0 Å².